The van der Waals surface area contributed by atoms with E-state index in [-0.39, 0.29) is 6.61 Å². The minimum Gasteiger partial charge on any atom is -0.431 e. The van der Waals surface area contributed by atoms with Crippen molar-refractivity contribution in [1.82, 2.24) is 0 Å². The summed E-state index contributed by atoms with van der Waals surface area (Å²) in [6, 6.07) is 9.57. The summed E-state index contributed by atoms with van der Waals surface area (Å²) >= 11 is 0. The Hall–Kier alpha value is -1.87. The third-order valence-corrected chi connectivity index (χ3v) is 2.14. The van der Waals surface area contributed by atoms with Crippen molar-refractivity contribution >= 4 is 12.0 Å². The van der Waals surface area contributed by atoms with E-state index in [4.69, 9.17) is 9.84 Å². The molecule has 0 atom stereocenters. The first-order valence-corrected chi connectivity index (χ1v) is 5.44. The van der Waals surface area contributed by atoms with Crippen molar-refractivity contribution in [3.8, 4) is 0 Å². The number of hydrogen-bond acceptors (Lipinski definition) is 3. The van der Waals surface area contributed by atoms with Crippen molar-refractivity contribution in [3.63, 3.8) is 0 Å². The predicted octanol–water partition coefficient (Wildman–Crippen LogP) is 2.53. The van der Waals surface area contributed by atoms with Gasteiger partial charge in [-0.3, -0.25) is 0 Å². The second-order valence-corrected chi connectivity index (χ2v) is 3.52. The van der Waals surface area contributed by atoms with Crippen molar-refractivity contribution < 1.29 is 14.6 Å². The zero-order valence-electron chi connectivity index (χ0n) is 9.80. The Morgan fingerprint density at radius 2 is 2.06 bits per heavy atom. The molecular weight excluding hydrogens is 216 g/mol. The highest BCUT2D eigenvalue weighted by atomic mass is 16.5. The molecule has 17 heavy (non-hydrogen) atoms. The molecule has 0 aliphatic rings. The van der Waals surface area contributed by atoms with Crippen LogP contribution in [0.5, 0.6) is 0 Å². The smallest absolute Gasteiger partial charge is 0.338 e. The van der Waals surface area contributed by atoms with Crippen LogP contribution in [0.25, 0.3) is 6.08 Å². The molecule has 1 rings (SSSR count). The van der Waals surface area contributed by atoms with Crippen molar-refractivity contribution in [2.45, 2.75) is 13.3 Å². The van der Waals surface area contributed by atoms with Crippen LogP contribution in [0.2, 0.25) is 0 Å². The lowest BCUT2D eigenvalue weighted by atomic mass is 10.2. The molecule has 1 N–H and O–H groups in total. The first-order valence-electron chi connectivity index (χ1n) is 5.44. The van der Waals surface area contributed by atoms with Gasteiger partial charge in [0.25, 0.3) is 0 Å². The number of aliphatic hydroxyl groups excluding tert-OH is 1. The van der Waals surface area contributed by atoms with Gasteiger partial charge in [-0.25, -0.2) is 4.79 Å². The SMILES string of the molecule is CC(=CCCO)C(=O)OC=Cc1ccccc1. The van der Waals surface area contributed by atoms with Crippen molar-refractivity contribution in [2.24, 2.45) is 0 Å². The predicted molar refractivity (Wildman–Crippen MR) is 67.0 cm³/mol. The van der Waals surface area contributed by atoms with Crippen LogP contribution in [0.4, 0.5) is 0 Å². The number of carbonyl (C=O) groups excluding carboxylic acids is 1. The molecule has 0 spiro atoms. The normalized spacial score (nSPS) is 11.8. The number of esters is 1. The Morgan fingerprint density at radius 3 is 2.71 bits per heavy atom. The number of carbonyl (C=O) groups is 1. The molecule has 0 saturated heterocycles. The van der Waals surface area contributed by atoms with Crippen LogP contribution in [0.3, 0.4) is 0 Å². The Kier molecular flexibility index (Phi) is 5.75. The Bertz CT molecular complexity index is 405. The van der Waals surface area contributed by atoms with E-state index in [2.05, 4.69) is 0 Å². The van der Waals surface area contributed by atoms with Gasteiger partial charge >= 0.3 is 5.97 Å². The molecule has 0 amide bonds. The minimum absolute atomic E-state index is 0.0322. The van der Waals surface area contributed by atoms with E-state index in [1.807, 2.05) is 30.3 Å². The zero-order valence-corrected chi connectivity index (χ0v) is 9.80. The third kappa shape index (κ3) is 5.13. The topological polar surface area (TPSA) is 46.5 Å². The van der Waals surface area contributed by atoms with E-state index in [1.165, 1.54) is 6.26 Å². The van der Waals surface area contributed by atoms with Crippen LogP contribution in [0, 0.1) is 0 Å². The number of benzene rings is 1. The summed E-state index contributed by atoms with van der Waals surface area (Å²) in [6.45, 7) is 1.69. The number of aliphatic hydroxyl groups is 1. The van der Waals surface area contributed by atoms with E-state index in [0.29, 0.717) is 12.0 Å². The summed E-state index contributed by atoms with van der Waals surface area (Å²) in [5.41, 5.74) is 1.47. The Morgan fingerprint density at radius 1 is 1.35 bits per heavy atom. The van der Waals surface area contributed by atoms with Gasteiger partial charge in [-0.2, -0.15) is 0 Å². The summed E-state index contributed by atoms with van der Waals surface area (Å²) in [6.07, 6.45) is 5.20. The zero-order chi connectivity index (χ0) is 12.5. The third-order valence-electron chi connectivity index (χ3n) is 2.14. The molecule has 0 bridgehead atoms. The van der Waals surface area contributed by atoms with Crippen LogP contribution in [-0.4, -0.2) is 17.7 Å². The number of rotatable bonds is 5. The van der Waals surface area contributed by atoms with Gasteiger partial charge in [0, 0.05) is 12.2 Å². The van der Waals surface area contributed by atoms with Gasteiger partial charge in [-0.15, -0.1) is 0 Å². The molecule has 0 unspecified atom stereocenters. The summed E-state index contributed by atoms with van der Waals surface area (Å²) in [5, 5.41) is 8.61. The first-order chi connectivity index (χ1) is 8.24. The number of ether oxygens (including phenoxy) is 1. The fourth-order valence-corrected chi connectivity index (χ4v) is 1.20. The summed E-state index contributed by atoms with van der Waals surface area (Å²) in [4.78, 5) is 11.4. The fourth-order valence-electron chi connectivity index (χ4n) is 1.20. The minimum atomic E-state index is -0.398. The largest absolute Gasteiger partial charge is 0.431 e. The molecular formula is C14H16O3. The highest BCUT2D eigenvalue weighted by molar-refractivity contribution is 5.88. The van der Waals surface area contributed by atoms with Gasteiger partial charge in [0.1, 0.15) is 0 Å². The molecule has 0 heterocycles. The highest BCUT2D eigenvalue weighted by Crippen LogP contribution is 2.03. The van der Waals surface area contributed by atoms with Gasteiger partial charge in [-0.1, -0.05) is 36.4 Å². The molecule has 0 aliphatic heterocycles. The quantitative estimate of drug-likeness (QED) is 0.482. The maximum absolute atomic E-state index is 11.4. The van der Waals surface area contributed by atoms with E-state index >= 15 is 0 Å². The number of hydrogen-bond donors (Lipinski definition) is 1. The summed E-state index contributed by atoms with van der Waals surface area (Å²) in [5.74, 6) is -0.398. The van der Waals surface area contributed by atoms with Gasteiger partial charge in [0.2, 0.25) is 0 Å². The van der Waals surface area contributed by atoms with Crippen LogP contribution in [-0.2, 0) is 9.53 Å². The fraction of sp³-hybridized carbons (Fsp3) is 0.214. The van der Waals surface area contributed by atoms with Crippen molar-refractivity contribution in [2.75, 3.05) is 6.61 Å². The Labute approximate surface area is 101 Å². The second-order valence-electron chi connectivity index (χ2n) is 3.52. The lowest BCUT2D eigenvalue weighted by molar-refractivity contribution is -0.133. The van der Waals surface area contributed by atoms with E-state index in [0.717, 1.165) is 5.56 Å². The molecule has 1 aromatic carbocycles. The Balaban J connectivity index is 2.46. The maximum atomic E-state index is 11.4. The maximum Gasteiger partial charge on any atom is 0.338 e. The van der Waals surface area contributed by atoms with E-state index in [1.54, 1.807) is 19.1 Å². The van der Waals surface area contributed by atoms with Gasteiger partial charge in [-0.05, 0) is 25.0 Å². The van der Waals surface area contributed by atoms with E-state index < -0.39 is 5.97 Å². The standard InChI is InChI=1S/C14H16O3/c1-12(6-5-10-15)14(16)17-11-9-13-7-3-2-4-8-13/h2-4,6-9,11,15H,5,10H2,1H3. The average Bonchev–Trinajstić information content (AvgIpc) is 2.37. The molecule has 3 nitrogen and oxygen atoms in total. The molecule has 0 fully saturated rings. The van der Waals surface area contributed by atoms with Crippen LogP contribution >= 0.6 is 0 Å². The first kappa shape index (κ1) is 13.2. The lowest BCUT2D eigenvalue weighted by Crippen LogP contribution is -2.01. The van der Waals surface area contributed by atoms with Gasteiger partial charge in [0.15, 0.2) is 0 Å². The van der Waals surface area contributed by atoms with Crippen LogP contribution in [0.1, 0.15) is 18.9 Å². The molecule has 0 aliphatic carbocycles. The van der Waals surface area contributed by atoms with E-state index in [9.17, 15) is 4.79 Å². The summed E-state index contributed by atoms with van der Waals surface area (Å²) < 4.78 is 4.94. The molecule has 0 radical (unpaired) electrons. The molecule has 0 aromatic heterocycles. The molecule has 90 valence electrons. The van der Waals surface area contributed by atoms with Gasteiger partial charge in [0.05, 0.1) is 6.26 Å². The lowest BCUT2D eigenvalue weighted by Gasteiger charge is -1.98. The van der Waals surface area contributed by atoms with Crippen molar-refractivity contribution in [1.29, 1.82) is 0 Å². The second kappa shape index (κ2) is 7.41. The van der Waals surface area contributed by atoms with Crippen LogP contribution in [0.15, 0.2) is 48.2 Å². The molecule has 3 heteroatoms. The summed E-state index contributed by atoms with van der Waals surface area (Å²) in [7, 11) is 0. The average molecular weight is 232 g/mol. The van der Waals surface area contributed by atoms with Crippen molar-refractivity contribution in [3.05, 3.63) is 53.8 Å². The van der Waals surface area contributed by atoms with Gasteiger partial charge < -0.3 is 9.84 Å². The highest BCUT2D eigenvalue weighted by Gasteiger charge is 2.02. The molecule has 1 aromatic rings. The monoisotopic (exact) mass is 232 g/mol. The molecule has 0 saturated carbocycles. The van der Waals surface area contributed by atoms with Crippen LogP contribution < -0.4 is 0 Å².